The summed E-state index contributed by atoms with van der Waals surface area (Å²) in [6.45, 7) is 2.11. The van der Waals surface area contributed by atoms with Crippen LogP contribution in [0.5, 0.6) is 11.6 Å². The average Bonchev–Trinajstić information content (AvgIpc) is 3.20. The van der Waals surface area contributed by atoms with E-state index < -0.39 is 10.0 Å². The number of aryl methyl sites for hydroxylation is 1. The first-order valence-electron chi connectivity index (χ1n) is 9.52. The van der Waals surface area contributed by atoms with Crippen molar-refractivity contribution in [3.8, 4) is 23.0 Å². The van der Waals surface area contributed by atoms with E-state index in [1.165, 1.54) is 0 Å². The van der Waals surface area contributed by atoms with Gasteiger partial charge in [0.2, 0.25) is 15.9 Å². The molecule has 2 aromatic carbocycles. The molecule has 9 nitrogen and oxygen atoms in total. The van der Waals surface area contributed by atoms with Crippen LogP contribution in [0.2, 0.25) is 0 Å². The lowest BCUT2D eigenvalue weighted by molar-refractivity contribution is 0.306. The molecule has 0 fully saturated rings. The molecule has 0 saturated heterocycles. The number of hydrogen-bond donors (Lipinski definition) is 1. The van der Waals surface area contributed by atoms with Gasteiger partial charge in [0, 0.05) is 18.2 Å². The number of fused-ring (bicyclic) bond motifs is 1. The molecule has 0 bridgehead atoms. The van der Waals surface area contributed by atoms with Crippen LogP contribution in [0.15, 0.2) is 65.6 Å². The summed E-state index contributed by atoms with van der Waals surface area (Å²) in [6, 6.07) is 17.5. The quantitative estimate of drug-likeness (QED) is 0.420. The van der Waals surface area contributed by atoms with E-state index in [0.717, 1.165) is 11.1 Å². The van der Waals surface area contributed by atoms with Gasteiger partial charge in [-0.15, -0.1) is 15.3 Å². The first kappa shape index (κ1) is 20.8. The first-order valence-corrected chi connectivity index (χ1v) is 11.0. The Morgan fingerprint density at radius 3 is 2.61 bits per heavy atom. The highest BCUT2D eigenvalue weighted by Gasteiger charge is 2.14. The normalized spacial score (nSPS) is 11.5. The monoisotopic (exact) mass is 439 g/mol. The molecule has 10 heteroatoms. The van der Waals surface area contributed by atoms with Gasteiger partial charge in [-0.25, -0.2) is 13.1 Å². The van der Waals surface area contributed by atoms with Crippen LogP contribution in [-0.2, 0) is 10.0 Å². The van der Waals surface area contributed by atoms with E-state index in [9.17, 15) is 8.42 Å². The maximum atomic E-state index is 12.3. The Labute approximate surface area is 179 Å². The number of methoxy groups -OCH3 is 1. The molecule has 0 spiro atoms. The number of ether oxygens (including phenoxy) is 2. The van der Waals surface area contributed by atoms with Gasteiger partial charge in [-0.05, 0) is 37.3 Å². The zero-order valence-electron chi connectivity index (χ0n) is 17.0. The van der Waals surface area contributed by atoms with Crippen LogP contribution in [0.3, 0.4) is 0 Å². The van der Waals surface area contributed by atoms with E-state index in [0.29, 0.717) is 23.1 Å². The number of benzene rings is 2. The Balaban J connectivity index is 1.44. The zero-order chi connectivity index (χ0) is 21.8. The fraction of sp³-hybridized carbons (Fsp3) is 0.190. The Hall–Kier alpha value is -3.50. The molecular formula is C21H21N5O4S. The van der Waals surface area contributed by atoms with Crippen molar-refractivity contribution in [2.45, 2.75) is 11.8 Å². The Morgan fingerprint density at radius 2 is 1.84 bits per heavy atom. The van der Waals surface area contributed by atoms with Crippen molar-refractivity contribution in [1.29, 1.82) is 0 Å². The summed E-state index contributed by atoms with van der Waals surface area (Å²) in [6.07, 6.45) is 0. The lowest BCUT2D eigenvalue weighted by Gasteiger charge is -2.09. The predicted molar refractivity (Wildman–Crippen MR) is 115 cm³/mol. The predicted octanol–water partition coefficient (Wildman–Crippen LogP) is 2.47. The molecule has 0 saturated carbocycles. The molecule has 4 rings (SSSR count). The highest BCUT2D eigenvalue weighted by Crippen LogP contribution is 2.23. The molecule has 0 radical (unpaired) electrons. The van der Waals surface area contributed by atoms with Gasteiger partial charge in [0.1, 0.15) is 12.4 Å². The minimum atomic E-state index is -3.59. The van der Waals surface area contributed by atoms with Gasteiger partial charge < -0.3 is 9.47 Å². The lowest BCUT2D eigenvalue weighted by Crippen LogP contribution is -2.28. The number of rotatable bonds is 8. The number of hydrogen-bond acceptors (Lipinski definition) is 7. The second-order valence-corrected chi connectivity index (χ2v) is 8.52. The van der Waals surface area contributed by atoms with Crippen molar-refractivity contribution in [3.63, 3.8) is 0 Å². The SMILES string of the molecule is COc1cccc(-c2nnc3ccc(OCCNS(=O)(=O)c4ccc(C)cc4)nn23)c1. The van der Waals surface area contributed by atoms with Crippen LogP contribution in [0.25, 0.3) is 17.0 Å². The summed E-state index contributed by atoms with van der Waals surface area (Å²) in [5.41, 5.74) is 2.35. The number of nitrogens with zero attached hydrogens (tertiary/aromatic N) is 4. The number of aromatic nitrogens is 4. The second kappa shape index (κ2) is 8.70. The smallest absolute Gasteiger partial charge is 0.240 e. The fourth-order valence-corrected chi connectivity index (χ4v) is 3.94. The first-order chi connectivity index (χ1) is 15.0. The molecule has 1 N–H and O–H groups in total. The summed E-state index contributed by atoms with van der Waals surface area (Å²) in [7, 11) is -2.00. The second-order valence-electron chi connectivity index (χ2n) is 6.76. The van der Waals surface area contributed by atoms with E-state index >= 15 is 0 Å². The van der Waals surface area contributed by atoms with E-state index in [2.05, 4.69) is 20.0 Å². The molecule has 160 valence electrons. The summed E-state index contributed by atoms with van der Waals surface area (Å²) in [4.78, 5) is 0.213. The maximum Gasteiger partial charge on any atom is 0.240 e. The Morgan fingerprint density at radius 1 is 1.03 bits per heavy atom. The Bertz CT molecular complexity index is 1300. The van der Waals surface area contributed by atoms with E-state index in [4.69, 9.17) is 9.47 Å². The largest absolute Gasteiger partial charge is 0.497 e. The van der Waals surface area contributed by atoms with Gasteiger partial charge in [0.15, 0.2) is 11.5 Å². The van der Waals surface area contributed by atoms with Crippen LogP contribution >= 0.6 is 0 Å². The molecule has 0 aliphatic heterocycles. The third-order valence-corrected chi connectivity index (χ3v) is 6.02. The molecular weight excluding hydrogens is 418 g/mol. The molecule has 0 atom stereocenters. The molecule has 0 amide bonds. The molecule has 0 aliphatic carbocycles. The summed E-state index contributed by atoms with van der Waals surface area (Å²) >= 11 is 0. The average molecular weight is 439 g/mol. The fourth-order valence-electron chi connectivity index (χ4n) is 2.92. The van der Waals surface area contributed by atoms with Gasteiger partial charge in [0.25, 0.3) is 0 Å². The summed E-state index contributed by atoms with van der Waals surface area (Å²) < 4.78 is 39.7. The standard InChI is InChI=1S/C21H21N5O4S/c1-15-6-8-18(9-7-15)31(27,28)22-12-13-30-20-11-10-19-23-24-21(26(19)25-20)16-4-3-5-17(14-16)29-2/h3-11,14,22H,12-13H2,1-2H3. The molecule has 0 unspecified atom stereocenters. The maximum absolute atomic E-state index is 12.3. The zero-order valence-corrected chi connectivity index (χ0v) is 17.8. The van der Waals surface area contributed by atoms with Crippen LogP contribution < -0.4 is 14.2 Å². The lowest BCUT2D eigenvalue weighted by atomic mass is 10.2. The van der Waals surface area contributed by atoms with Gasteiger partial charge in [-0.3, -0.25) is 0 Å². The van der Waals surface area contributed by atoms with Gasteiger partial charge >= 0.3 is 0 Å². The van der Waals surface area contributed by atoms with Crippen molar-refractivity contribution in [2.24, 2.45) is 0 Å². The van der Waals surface area contributed by atoms with Gasteiger partial charge in [0.05, 0.1) is 12.0 Å². The molecule has 2 heterocycles. The molecule has 4 aromatic rings. The van der Waals surface area contributed by atoms with Crippen molar-refractivity contribution in [3.05, 3.63) is 66.2 Å². The van der Waals surface area contributed by atoms with Crippen molar-refractivity contribution in [2.75, 3.05) is 20.3 Å². The van der Waals surface area contributed by atoms with Crippen LogP contribution in [-0.4, -0.2) is 48.5 Å². The van der Waals surface area contributed by atoms with Crippen LogP contribution in [0, 0.1) is 6.92 Å². The van der Waals surface area contributed by atoms with Gasteiger partial charge in [-0.1, -0.05) is 29.8 Å². The third-order valence-electron chi connectivity index (χ3n) is 4.54. The topological polar surface area (TPSA) is 108 Å². The van der Waals surface area contributed by atoms with Crippen molar-refractivity contribution >= 4 is 15.7 Å². The highest BCUT2D eigenvalue weighted by molar-refractivity contribution is 7.89. The minimum Gasteiger partial charge on any atom is -0.497 e. The third kappa shape index (κ3) is 4.65. The van der Waals surface area contributed by atoms with E-state index in [-0.39, 0.29) is 18.0 Å². The number of sulfonamides is 1. The Kier molecular flexibility index (Phi) is 5.83. The van der Waals surface area contributed by atoms with Crippen molar-refractivity contribution < 1.29 is 17.9 Å². The van der Waals surface area contributed by atoms with Crippen molar-refractivity contribution in [1.82, 2.24) is 24.5 Å². The van der Waals surface area contributed by atoms with E-state index in [1.54, 1.807) is 48.0 Å². The highest BCUT2D eigenvalue weighted by atomic mass is 32.2. The molecule has 2 aromatic heterocycles. The van der Waals surface area contributed by atoms with Crippen LogP contribution in [0.1, 0.15) is 5.56 Å². The summed E-state index contributed by atoms with van der Waals surface area (Å²) in [5, 5.41) is 12.7. The van der Waals surface area contributed by atoms with E-state index in [1.807, 2.05) is 31.2 Å². The molecule has 31 heavy (non-hydrogen) atoms. The number of nitrogens with one attached hydrogen (secondary N) is 1. The summed E-state index contributed by atoms with van der Waals surface area (Å²) in [5.74, 6) is 1.56. The minimum absolute atomic E-state index is 0.0981. The molecule has 0 aliphatic rings. The van der Waals surface area contributed by atoms with Gasteiger partial charge in [-0.2, -0.15) is 4.52 Å². The van der Waals surface area contributed by atoms with Crippen LogP contribution in [0.4, 0.5) is 0 Å².